The van der Waals surface area contributed by atoms with Crippen LogP contribution in [0.5, 0.6) is 0 Å². The lowest BCUT2D eigenvalue weighted by atomic mass is 9.80. The standard InChI is InChI=1S/C11H22/c1-6-9(3)11(7-2)8-10(11,4)5/h9H,6-8H2,1-5H3. The average molecular weight is 154 g/mol. The lowest BCUT2D eigenvalue weighted by molar-refractivity contribution is 0.245. The second-order valence-electron chi connectivity index (χ2n) is 4.88. The largest absolute Gasteiger partial charge is 0.0651 e. The Kier molecular flexibility index (Phi) is 2.07. The van der Waals surface area contributed by atoms with Gasteiger partial charge in [0, 0.05) is 0 Å². The van der Waals surface area contributed by atoms with E-state index in [1.165, 1.54) is 19.3 Å². The van der Waals surface area contributed by atoms with E-state index in [0.717, 1.165) is 5.92 Å². The van der Waals surface area contributed by atoms with Crippen LogP contribution in [0.2, 0.25) is 0 Å². The lowest BCUT2D eigenvalue weighted by Gasteiger charge is -2.25. The van der Waals surface area contributed by atoms with E-state index in [4.69, 9.17) is 0 Å². The Morgan fingerprint density at radius 3 is 1.82 bits per heavy atom. The minimum absolute atomic E-state index is 0.636. The average Bonchev–Trinajstić information content (AvgIpc) is 2.53. The quantitative estimate of drug-likeness (QED) is 0.579. The fourth-order valence-electron chi connectivity index (χ4n) is 2.93. The van der Waals surface area contributed by atoms with E-state index in [0.29, 0.717) is 10.8 Å². The third-order valence-corrected chi connectivity index (χ3v) is 4.17. The van der Waals surface area contributed by atoms with Gasteiger partial charge in [-0.3, -0.25) is 0 Å². The van der Waals surface area contributed by atoms with E-state index in [-0.39, 0.29) is 0 Å². The van der Waals surface area contributed by atoms with Gasteiger partial charge in [0.2, 0.25) is 0 Å². The minimum atomic E-state index is 0.636. The lowest BCUT2D eigenvalue weighted by Crippen LogP contribution is -2.17. The van der Waals surface area contributed by atoms with Crippen molar-refractivity contribution < 1.29 is 0 Å². The highest BCUT2D eigenvalue weighted by Gasteiger charge is 2.61. The Balaban J connectivity index is 2.67. The van der Waals surface area contributed by atoms with Crippen LogP contribution < -0.4 is 0 Å². The highest BCUT2D eigenvalue weighted by atomic mass is 14.7. The molecule has 1 saturated carbocycles. The Labute approximate surface area is 71.4 Å². The first kappa shape index (κ1) is 9.09. The highest BCUT2D eigenvalue weighted by molar-refractivity contribution is 5.10. The predicted octanol–water partition coefficient (Wildman–Crippen LogP) is 3.86. The van der Waals surface area contributed by atoms with Crippen molar-refractivity contribution in [3.05, 3.63) is 0 Å². The fourth-order valence-corrected chi connectivity index (χ4v) is 2.93. The van der Waals surface area contributed by atoms with Crippen LogP contribution in [0.1, 0.15) is 53.9 Å². The van der Waals surface area contributed by atoms with Gasteiger partial charge in [-0.25, -0.2) is 0 Å². The summed E-state index contributed by atoms with van der Waals surface area (Å²) in [5.74, 6) is 0.919. The molecule has 0 N–H and O–H groups in total. The van der Waals surface area contributed by atoms with E-state index in [1.807, 2.05) is 0 Å². The number of rotatable bonds is 3. The summed E-state index contributed by atoms with van der Waals surface area (Å²) in [7, 11) is 0. The molecular weight excluding hydrogens is 132 g/mol. The first-order valence-electron chi connectivity index (χ1n) is 5.00. The minimum Gasteiger partial charge on any atom is -0.0651 e. The summed E-state index contributed by atoms with van der Waals surface area (Å²) in [6.45, 7) is 11.9. The first-order valence-corrected chi connectivity index (χ1v) is 5.00. The van der Waals surface area contributed by atoms with Gasteiger partial charge in [-0.05, 0) is 29.6 Å². The van der Waals surface area contributed by atoms with Crippen molar-refractivity contribution in [1.82, 2.24) is 0 Å². The zero-order valence-electron chi connectivity index (χ0n) is 8.70. The number of hydrogen-bond acceptors (Lipinski definition) is 0. The van der Waals surface area contributed by atoms with E-state index in [1.54, 1.807) is 0 Å². The molecule has 1 aliphatic carbocycles. The van der Waals surface area contributed by atoms with Crippen LogP contribution in [-0.4, -0.2) is 0 Å². The molecule has 1 aliphatic rings. The van der Waals surface area contributed by atoms with Crippen molar-refractivity contribution in [2.45, 2.75) is 53.9 Å². The molecule has 0 amide bonds. The van der Waals surface area contributed by atoms with Gasteiger partial charge in [0.25, 0.3) is 0 Å². The van der Waals surface area contributed by atoms with Crippen molar-refractivity contribution >= 4 is 0 Å². The molecule has 0 saturated heterocycles. The molecule has 2 unspecified atom stereocenters. The molecule has 2 atom stereocenters. The summed E-state index contributed by atoms with van der Waals surface area (Å²) in [5, 5.41) is 0. The molecule has 0 bridgehead atoms. The van der Waals surface area contributed by atoms with Crippen LogP contribution in [0.4, 0.5) is 0 Å². The third kappa shape index (κ3) is 1.11. The Morgan fingerprint density at radius 2 is 1.73 bits per heavy atom. The predicted molar refractivity (Wildman–Crippen MR) is 50.6 cm³/mol. The summed E-state index contributed by atoms with van der Waals surface area (Å²) < 4.78 is 0. The normalized spacial score (nSPS) is 36.8. The second kappa shape index (κ2) is 2.50. The van der Waals surface area contributed by atoms with Gasteiger partial charge in [0.15, 0.2) is 0 Å². The van der Waals surface area contributed by atoms with Crippen molar-refractivity contribution in [1.29, 1.82) is 0 Å². The molecule has 0 heterocycles. The SMILES string of the molecule is CCC(C)C1(CC)CC1(C)C. The van der Waals surface area contributed by atoms with Gasteiger partial charge in [0.05, 0.1) is 0 Å². The van der Waals surface area contributed by atoms with Crippen LogP contribution >= 0.6 is 0 Å². The molecule has 0 aromatic rings. The second-order valence-corrected chi connectivity index (χ2v) is 4.88. The maximum atomic E-state index is 2.42. The van der Waals surface area contributed by atoms with Gasteiger partial charge in [-0.2, -0.15) is 0 Å². The van der Waals surface area contributed by atoms with Crippen molar-refractivity contribution in [3.8, 4) is 0 Å². The zero-order valence-corrected chi connectivity index (χ0v) is 8.70. The summed E-state index contributed by atoms with van der Waals surface area (Å²) >= 11 is 0. The molecule has 11 heavy (non-hydrogen) atoms. The summed E-state index contributed by atoms with van der Waals surface area (Å²) in [5.41, 5.74) is 1.33. The third-order valence-electron chi connectivity index (χ3n) is 4.17. The van der Waals surface area contributed by atoms with Crippen molar-refractivity contribution in [2.24, 2.45) is 16.7 Å². The summed E-state index contributed by atoms with van der Waals surface area (Å²) in [4.78, 5) is 0. The van der Waals surface area contributed by atoms with E-state index >= 15 is 0 Å². The molecule has 0 heteroatoms. The molecule has 66 valence electrons. The van der Waals surface area contributed by atoms with Gasteiger partial charge in [0.1, 0.15) is 0 Å². The van der Waals surface area contributed by atoms with E-state index < -0.39 is 0 Å². The van der Waals surface area contributed by atoms with Gasteiger partial charge in [-0.15, -0.1) is 0 Å². The van der Waals surface area contributed by atoms with E-state index in [9.17, 15) is 0 Å². The smallest absolute Gasteiger partial charge is 0.0218 e. The molecular formula is C11H22. The molecule has 0 aliphatic heterocycles. The number of hydrogen-bond donors (Lipinski definition) is 0. The first-order chi connectivity index (χ1) is 5.00. The van der Waals surface area contributed by atoms with E-state index in [2.05, 4.69) is 34.6 Å². The maximum Gasteiger partial charge on any atom is -0.0218 e. The maximum absolute atomic E-state index is 2.42. The molecule has 0 nitrogen and oxygen atoms in total. The monoisotopic (exact) mass is 154 g/mol. The van der Waals surface area contributed by atoms with Gasteiger partial charge < -0.3 is 0 Å². The molecule has 0 spiro atoms. The van der Waals surface area contributed by atoms with Crippen LogP contribution in [0.15, 0.2) is 0 Å². The highest BCUT2D eigenvalue weighted by Crippen LogP contribution is 2.69. The van der Waals surface area contributed by atoms with Crippen LogP contribution in [0.3, 0.4) is 0 Å². The molecule has 1 rings (SSSR count). The summed E-state index contributed by atoms with van der Waals surface area (Å²) in [6, 6.07) is 0. The van der Waals surface area contributed by atoms with Crippen LogP contribution in [-0.2, 0) is 0 Å². The Hall–Kier alpha value is 0. The Morgan fingerprint density at radius 1 is 1.27 bits per heavy atom. The zero-order chi connectivity index (χ0) is 8.70. The van der Waals surface area contributed by atoms with Gasteiger partial charge in [-0.1, -0.05) is 41.0 Å². The van der Waals surface area contributed by atoms with Gasteiger partial charge >= 0.3 is 0 Å². The van der Waals surface area contributed by atoms with Crippen LogP contribution in [0, 0.1) is 16.7 Å². The molecule has 0 aromatic heterocycles. The summed E-state index contributed by atoms with van der Waals surface area (Å²) in [6.07, 6.45) is 4.16. The molecule has 0 aromatic carbocycles. The topological polar surface area (TPSA) is 0 Å². The molecule has 0 radical (unpaired) electrons. The van der Waals surface area contributed by atoms with Crippen molar-refractivity contribution in [2.75, 3.05) is 0 Å². The van der Waals surface area contributed by atoms with Crippen LogP contribution in [0.25, 0.3) is 0 Å². The Bertz CT molecular complexity index is 146. The molecule has 1 fully saturated rings. The van der Waals surface area contributed by atoms with Crippen molar-refractivity contribution in [3.63, 3.8) is 0 Å². The fraction of sp³-hybridized carbons (Fsp3) is 1.00.